The van der Waals surface area contributed by atoms with Crippen LogP contribution in [0, 0.1) is 26.6 Å². The quantitative estimate of drug-likeness (QED) is 0.900. The molecule has 2 rings (SSSR count). The molecular formula is C14H18FN3. The standard InChI is InChI=1S/C14H18FN3/c1-10-11(2)17-18(12(10)3)8-7-16-14-6-4-5-13(15)9-14/h4-6,9,16H,7-8H2,1-3H3. The van der Waals surface area contributed by atoms with E-state index in [4.69, 9.17) is 0 Å². The van der Waals surface area contributed by atoms with Gasteiger partial charge in [-0.05, 0) is 44.5 Å². The van der Waals surface area contributed by atoms with E-state index in [-0.39, 0.29) is 5.82 Å². The van der Waals surface area contributed by atoms with E-state index in [1.165, 1.54) is 23.4 Å². The molecule has 0 amide bonds. The van der Waals surface area contributed by atoms with E-state index in [0.717, 1.165) is 24.5 Å². The van der Waals surface area contributed by atoms with Gasteiger partial charge in [-0.2, -0.15) is 5.10 Å². The predicted octanol–water partition coefficient (Wildman–Crippen LogP) is 3.06. The van der Waals surface area contributed by atoms with Crippen molar-refractivity contribution in [1.82, 2.24) is 9.78 Å². The summed E-state index contributed by atoms with van der Waals surface area (Å²) in [6.07, 6.45) is 0. The molecule has 18 heavy (non-hydrogen) atoms. The summed E-state index contributed by atoms with van der Waals surface area (Å²) in [7, 11) is 0. The summed E-state index contributed by atoms with van der Waals surface area (Å²) in [5.74, 6) is -0.220. The highest BCUT2D eigenvalue weighted by molar-refractivity contribution is 5.42. The third-order valence-electron chi connectivity index (χ3n) is 3.22. The molecule has 0 radical (unpaired) electrons. The highest BCUT2D eigenvalue weighted by Gasteiger charge is 2.06. The number of nitrogens with zero attached hydrogens (tertiary/aromatic N) is 2. The molecule has 0 atom stereocenters. The number of halogens is 1. The Morgan fingerprint density at radius 1 is 1.28 bits per heavy atom. The van der Waals surface area contributed by atoms with E-state index in [1.807, 2.05) is 17.7 Å². The Labute approximate surface area is 107 Å². The summed E-state index contributed by atoms with van der Waals surface area (Å²) in [4.78, 5) is 0. The highest BCUT2D eigenvalue weighted by atomic mass is 19.1. The zero-order chi connectivity index (χ0) is 13.1. The van der Waals surface area contributed by atoms with E-state index in [1.54, 1.807) is 6.07 Å². The maximum Gasteiger partial charge on any atom is 0.125 e. The Bertz CT molecular complexity index is 546. The number of rotatable bonds is 4. The SMILES string of the molecule is Cc1nn(CCNc2cccc(F)c2)c(C)c1C. The lowest BCUT2D eigenvalue weighted by Gasteiger charge is -2.08. The van der Waals surface area contributed by atoms with Crippen molar-refractivity contribution < 1.29 is 4.39 Å². The summed E-state index contributed by atoms with van der Waals surface area (Å²) in [6.45, 7) is 7.66. The lowest BCUT2D eigenvalue weighted by molar-refractivity contribution is 0.612. The summed E-state index contributed by atoms with van der Waals surface area (Å²) in [6, 6.07) is 6.49. The summed E-state index contributed by atoms with van der Waals surface area (Å²) in [5, 5.41) is 7.65. The first kappa shape index (κ1) is 12.6. The maximum absolute atomic E-state index is 13.0. The van der Waals surface area contributed by atoms with Gasteiger partial charge in [0.1, 0.15) is 5.82 Å². The molecule has 4 heteroatoms. The third kappa shape index (κ3) is 2.70. The van der Waals surface area contributed by atoms with E-state index in [9.17, 15) is 4.39 Å². The van der Waals surface area contributed by atoms with Crippen molar-refractivity contribution in [3.05, 3.63) is 47.0 Å². The molecule has 0 unspecified atom stereocenters. The Hall–Kier alpha value is -1.84. The van der Waals surface area contributed by atoms with Crippen LogP contribution >= 0.6 is 0 Å². The molecule has 1 N–H and O–H groups in total. The average Bonchev–Trinajstić information content (AvgIpc) is 2.57. The van der Waals surface area contributed by atoms with Gasteiger partial charge in [-0.15, -0.1) is 0 Å². The van der Waals surface area contributed by atoms with Gasteiger partial charge < -0.3 is 5.32 Å². The lowest BCUT2D eigenvalue weighted by Crippen LogP contribution is -2.13. The molecule has 1 aromatic heterocycles. The fraction of sp³-hybridized carbons (Fsp3) is 0.357. The topological polar surface area (TPSA) is 29.9 Å². The minimum absolute atomic E-state index is 0.220. The first-order chi connectivity index (χ1) is 8.58. The number of aromatic nitrogens is 2. The normalized spacial score (nSPS) is 10.7. The van der Waals surface area contributed by atoms with Gasteiger partial charge in [0.25, 0.3) is 0 Å². The van der Waals surface area contributed by atoms with Crippen molar-refractivity contribution in [2.45, 2.75) is 27.3 Å². The maximum atomic E-state index is 13.0. The van der Waals surface area contributed by atoms with Crippen LogP contribution in [-0.4, -0.2) is 16.3 Å². The molecule has 0 bridgehead atoms. The smallest absolute Gasteiger partial charge is 0.125 e. The summed E-state index contributed by atoms with van der Waals surface area (Å²) >= 11 is 0. The van der Waals surface area contributed by atoms with Gasteiger partial charge in [0.15, 0.2) is 0 Å². The van der Waals surface area contributed by atoms with Crippen LogP contribution in [0.2, 0.25) is 0 Å². The molecule has 0 saturated heterocycles. The van der Waals surface area contributed by atoms with Gasteiger partial charge >= 0.3 is 0 Å². The van der Waals surface area contributed by atoms with Crippen molar-refractivity contribution in [3.8, 4) is 0 Å². The minimum atomic E-state index is -0.220. The summed E-state index contributed by atoms with van der Waals surface area (Å²) in [5.41, 5.74) is 4.29. The van der Waals surface area contributed by atoms with Gasteiger partial charge in [-0.25, -0.2) is 4.39 Å². The first-order valence-corrected chi connectivity index (χ1v) is 6.08. The van der Waals surface area contributed by atoms with Gasteiger partial charge in [-0.3, -0.25) is 4.68 Å². The van der Waals surface area contributed by atoms with Gasteiger partial charge in [-0.1, -0.05) is 6.07 Å². The number of hydrogen-bond donors (Lipinski definition) is 1. The van der Waals surface area contributed by atoms with Crippen molar-refractivity contribution in [2.75, 3.05) is 11.9 Å². The molecule has 3 nitrogen and oxygen atoms in total. The van der Waals surface area contributed by atoms with Crippen LogP contribution < -0.4 is 5.32 Å². The molecule has 96 valence electrons. The van der Waals surface area contributed by atoms with Gasteiger partial charge in [0.05, 0.1) is 12.2 Å². The number of benzene rings is 1. The van der Waals surface area contributed by atoms with E-state index in [0.29, 0.717) is 0 Å². The first-order valence-electron chi connectivity index (χ1n) is 6.08. The Kier molecular flexibility index (Phi) is 3.65. The lowest BCUT2D eigenvalue weighted by atomic mass is 10.2. The Balaban J connectivity index is 1.94. The van der Waals surface area contributed by atoms with Crippen LogP contribution in [0.15, 0.2) is 24.3 Å². The number of anilines is 1. The Morgan fingerprint density at radius 2 is 2.06 bits per heavy atom. The fourth-order valence-electron chi connectivity index (χ4n) is 1.91. The predicted molar refractivity (Wildman–Crippen MR) is 71.3 cm³/mol. The van der Waals surface area contributed by atoms with E-state index < -0.39 is 0 Å². The zero-order valence-corrected chi connectivity index (χ0v) is 11.0. The molecule has 1 aromatic carbocycles. The van der Waals surface area contributed by atoms with Crippen molar-refractivity contribution in [2.24, 2.45) is 0 Å². The number of hydrogen-bond acceptors (Lipinski definition) is 2. The van der Waals surface area contributed by atoms with E-state index >= 15 is 0 Å². The molecule has 2 aromatic rings. The van der Waals surface area contributed by atoms with Crippen molar-refractivity contribution in [1.29, 1.82) is 0 Å². The minimum Gasteiger partial charge on any atom is -0.383 e. The van der Waals surface area contributed by atoms with Crippen molar-refractivity contribution in [3.63, 3.8) is 0 Å². The highest BCUT2D eigenvalue weighted by Crippen LogP contribution is 2.11. The van der Waals surface area contributed by atoms with Crippen LogP contribution in [0.3, 0.4) is 0 Å². The Morgan fingerprint density at radius 3 is 2.67 bits per heavy atom. The monoisotopic (exact) mass is 247 g/mol. The molecule has 0 saturated carbocycles. The van der Waals surface area contributed by atoms with Crippen LogP contribution in [0.1, 0.15) is 17.0 Å². The van der Waals surface area contributed by atoms with Crippen LogP contribution in [0.25, 0.3) is 0 Å². The molecule has 0 aliphatic carbocycles. The molecular weight excluding hydrogens is 229 g/mol. The van der Waals surface area contributed by atoms with Crippen molar-refractivity contribution >= 4 is 5.69 Å². The van der Waals surface area contributed by atoms with Crippen LogP contribution in [0.4, 0.5) is 10.1 Å². The zero-order valence-electron chi connectivity index (χ0n) is 11.0. The second-order valence-corrected chi connectivity index (χ2v) is 4.46. The van der Waals surface area contributed by atoms with E-state index in [2.05, 4.69) is 24.3 Å². The second kappa shape index (κ2) is 5.21. The second-order valence-electron chi connectivity index (χ2n) is 4.46. The molecule has 0 aliphatic rings. The molecule has 0 spiro atoms. The van der Waals surface area contributed by atoms with Crippen LogP contribution in [0.5, 0.6) is 0 Å². The molecule has 0 aliphatic heterocycles. The van der Waals surface area contributed by atoms with Gasteiger partial charge in [0.2, 0.25) is 0 Å². The van der Waals surface area contributed by atoms with Crippen LogP contribution in [-0.2, 0) is 6.54 Å². The largest absolute Gasteiger partial charge is 0.383 e. The third-order valence-corrected chi connectivity index (χ3v) is 3.22. The number of nitrogens with one attached hydrogen (secondary N) is 1. The number of aryl methyl sites for hydroxylation is 1. The fourth-order valence-corrected chi connectivity index (χ4v) is 1.91. The average molecular weight is 247 g/mol. The molecule has 0 fully saturated rings. The van der Waals surface area contributed by atoms with Gasteiger partial charge in [0, 0.05) is 17.9 Å². The molecule has 1 heterocycles. The summed E-state index contributed by atoms with van der Waals surface area (Å²) < 4.78 is 15.0.